The van der Waals surface area contributed by atoms with Crippen molar-refractivity contribution >= 4 is 10.0 Å². The lowest BCUT2D eigenvalue weighted by atomic mass is 9.65. The molecule has 4 aromatic rings. The van der Waals surface area contributed by atoms with Crippen LogP contribution in [-0.2, 0) is 32.6 Å². The molecule has 2 saturated heterocycles. The summed E-state index contributed by atoms with van der Waals surface area (Å²) in [6, 6.07) is 33.3. The van der Waals surface area contributed by atoms with Crippen molar-refractivity contribution in [2.45, 2.75) is 89.0 Å². The number of hydrogen-bond acceptors (Lipinski definition) is 6. The Morgan fingerprint density at radius 2 is 1.55 bits per heavy atom. The summed E-state index contributed by atoms with van der Waals surface area (Å²) in [6.07, 6.45) is 3.91. The number of aliphatic hydroxyl groups excluding tert-OH is 1. The minimum atomic E-state index is -3.60. The third-order valence-electron chi connectivity index (χ3n) is 10.5. The van der Waals surface area contributed by atoms with Gasteiger partial charge in [0.2, 0.25) is 10.0 Å². The number of nitrogens with one attached hydrogen (secondary N) is 1. The number of ether oxygens (including phenoxy) is 2. The Bertz CT molecular complexity index is 1850. The number of sulfonamides is 1. The summed E-state index contributed by atoms with van der Waals surface area (Å²) in [4.78, 5) is 2.94. The lowest BCUT2D eigenvalue weighted by Crippen LogP contribution is -2.42. The smallest absolute Gasteiger partial charge is 0.240 e. The average molecular weight is 681 g/mol. The zero-order valence-corrected chi connectivity index (χ0v) is 29.5. The number of benzene rings is 4. The summed E-state index contributed by atoms with van der Waals surface area (Å²) in [5.41, 5.74) is 6.57. The van der Waals surface area contributed by atoms with E-state index in [0.29, 0.717) is 16.9 Å². The second-order valence-electron chi connectivity index (χ2n) is 15.5. The molecule has 0 spiro atoms. The van der Waals surface area contributed by atoms with Gasteiger partial charge < -0.3 is 14.6 Å². The van der Waals surface area contributed by atoms with Crippen LogP contribution >= 0.6 is 0 Å². The Hall–Kier alpha value is -3.37. The molecule has 0 amide bonds. The van der Waals surface area contributed by atoms with Gasteiger partial charge in [0.1, 0.15) is 0 Å². The summed E-state index contributed by atoms with van der Waals surface area (Å²) in [6.45, 7) is 9.51. The number of rotatable bonds is 10. The molecular weight excluding hydrogens is 633 g/mol. The van der Waals surface area contributed by atoms with Crippen LogP contribution in [0.1, 0.15) is 81.1 Å². The molecule has 258 valence electrons. The summed E-state index contributed by atoms with van der Waals surface area (Å²) >= 11 is 0. The van der Waals surface area contributed by atoms with Crippen molar-refractivity contribution in [1.29, 1.82) is 0 Å². The summed E-state index contributed by atoms with van der Waals surface area (Å²) < 4.78 is 41.6. The van der Waals surface area contributed by atoms with Crippen molar-refractivity contribution < 1.29 is 23.0 Å². The summed E-state index contributed by atoms with van der Waals surface area (Å²) in [5, 5.41) is 9.60. The first kappa shape index (κ1) is 34.1. The topological polar surface area (TPSA) is 88.1 Å². The molecule has 2 bridgehead atoms. The van der Waals surface area contributed by atoms with Crippen LogP contribution in [0.25, 0.3) is 11.1 Å². The van der Waals surface area contributed by atoms with Gasteiger partial charge in [0.15, 0.2) is 6.29 Å². The van der Waals surface area contributed by atoms with Crippen LogP contribution in [0.3, 0.4) is 0 Å². The Morgan fingerprint density at radius 3 is 2.29 bits per heavy atom. The molecule has 0 aromatic heterocycles. The number of likely N-dealkylation sites (tertiary alicyclic amines) is 1. The SMILES string of the molecule is CC1(C)CC2CC(C)(CN2CC2CC(c3ccc(CO)cc3)OC(c3ccc(-c4cccc(CNS(=O)(=O)c5ccccc5)c4)cc3)O2)C1. The van der Waals surface area contributed by atoms with Gasteiger partial charge >= 0.3 is 0 Å². The van der Waals surface area contributed by atoms with E-state index in [-0.39, 0.29) is 30.3 Å². The molecule has 3 fully saturated rings. The van der Waals surface area contributed by atoms with Crippen molar-refractivity contribution in [2.24, 2.45) is 10.8 Å². The monoisotopic (exact) mass is 680 g/mol. The van der Waals surface area contributed by atoms with Crippen molar-refractivity contribution in [3.63, 3.8) is 0 Å². The molecule has 49 heavy (non-hydrogen) atoms. The van der Waals surface area contributed by atoms with Crippen LogP contribution in [0.4, 0.5) is 0 Å². The average Bonchev–Trinajstić information content (AvgIpc) is 3.34. The van der Waals surface area contributed by atoms with Crippen LogP contribution in [-0.4, -0.2) is 43.7 Å². The van der Waals surface area contributed by atoms with E-state index >= 15 is 0 Å². The Balaban J connectivity index is 1.07. The maximum absolute atomic E-state index is 12.8. The maximum Gasteiger partial charge on any atom is 0.240 e. The van der Waals surface area contributed by atoms with E-state index in [0.717, 1.165) is 52.9 Å². The number of hydrogen-bond donors (Lipinski definition) is 2. The van der Waals surface area contributed by atoms with Crippen LogP contribution in [0, 0.1) is 10.8 Å². The van der Waals surface area contributed by atoms with Gasteiger partial charge in [-0.2, -0.15) is 0 Å². The molecule has 8 heteroatoms. The van der Waals surface area contributed by atoms with Crippen molar-refractivity contribution in [1.82, 2.24) is 9.62 Å². The summed E-state index contributed by atoms with van der Waals surface area (Å²) in [5.74, 6) is 0. The molecule has 2 aliphatic heterocycles. The Kier molecular flexibility index (Phi) is 9.56. The minimum Gasteiger partial charge on any atom is -0.392 e. The molecular formula is C41H48N2O5S. The van der Waals surface area contributed by atoms with E-state index in [1.807, 2.05) is 36.4 Å². The quantitative estimate of drug-likeness (QED) is 0.178. The highest BCUT2D eigenvalue weighted by Gasteiger charge is 2.50. The predicted molar refractivity (Wildman–Crippen MR) is 192 cm³/mol. The Labute approximate surface area is 291 Å². The first-order chi connectivity index (χ1) is 23.5. The second-order valence-corrected chi connectivity index (χ2v) is 17.2. The van der Waals surface area contributed by atoms with Crippen molar-refractivity contribution in [3.05, 3.63) is 125 Å². The Morgan fingerprint density at radius 1 is 0.816 bits per heavy atom. The fourth-order valence-electron chi connectivity index (χ4n) is 8.64. The van der Waals surface area contributed by atoms with Gasteiger partial charge in [0, 0.05) is 37.7 Å². The number of nitrogens with zero attached hydrogens (tertiary/aromatic N) is 1. The van der Waals surface area contributed by atoms with Crippen LogP contribution in [0.5, 0.6) is 0 Å². The molecule has 0 radical (unpaired) electrons. The normalized spacial score (nSPS) is 26.9. The van der Waals surface area contributed by atoms with Gasteiger partial charge in [-0.05, 0) is 76.1 Å². The lowest BCUT2D eigenvalue weighted by Gasteiger charge is -2.41. The zero-order valence-electron chi connectivity index (χ0n) is 28.7. The molecule has 2 heterocycles. The molecule has 1 aliphatic carbocycles. The molecule has 4 aromatic carbocycles. The molecule has 2 N–H and O–H groups in total. The highest BCUT2D eigenvalue weighted by molar-refractivity contribution is 7.89. The van der Waals surface area contributed by atoms with Crippen molar-refractivity contribution in [3.8, 4) is 11.1 Å². The van der Waals surface area contributed by atoms with E-state index in [2.05, 4.69) is 66.8 Å². The number of fused-ring (bicyclic) bond motifs is 2. The molecule has 3 aliphatic rings. The third kappa shape index (κ3) is 7.85. The van der Waals surface area contributed by atoms with Gasteiger partial charge in [-0.25, -0.2) is 13.1 Å². The second kappa shape index (κ2) is 13.7. The highest BCUT2D eigenvalue weighted by atomic mass is 32.2. The van der Waals surface area contributed by atoms with Gasteiger partial charge in [-0.15, -0.1) is 0 Å². The lowest BCUT2D eigenvalue weighted by molar-refractivity contribution is -0.253. The first-order valence-electron chi connectivity index (χ1n) is 17.5. The van der Waals surface area contributed by atoms with Crippen LogP contribution < -0.4 is 4.72 Å². The fourth-order valence-corrected chi connectivity index (χ4v) is 9.68. The summed E-state index contributed by atoms with van der Waals surface area (Å²) in [7, 11) is -3.60. The van der Waals surface area contributed by atoms with E-state index < -0.39 is 16.3 Å². The molecule has 5 atom stereocenters. The van der Waals surface area contributed by atoms with Crippen LogP contribution in [0.2, 0.25) is 0 Å². The molecule has 7 nitrogen and oxygen atoms in total. The largest absolute Gasteiger partial charge is 0.392 e. The van der Waals surface area contributed by atoms with E-state index in [9.17, 15) is 13.5 Å². The zero-order chi connectivity index (χ0) is 34.2. The van der Waals surface area contributed by atoms with Gasteiger partial charge in [-0.1, -0.05) is 106 Å². The van der Waals surface area contributed by atoms with E-state index in [1.54, 1.807) is 30.3 Å². The van der Waals surface area contributed by atoms with Crippen LogP contribution in [0.15, 0.2) is 108 Å². The molecule has 1 saturated carbocycles. The van der Waals surface area contributed by atoms with E-state index in [1.165, 1.54) is 19.3 Å². The third-order valence-corrected chi connectivity index (χ3v) is 12.0. The first-order valence-corrected chi connectivity index (χ1v) is 18.9. The fraction of sp³-hybridized carbons (Fsp3) is 0.415. The van der Waals surface area contributed by atoms with Gasteiger partial charge in [0.05, 0.1) is 23.7 Å². The standard InChI is InChI=1S/C41H48N2O5S/c1-40(2)22-35-23-41(3,27-40)28-43(35)25-36-21-38(32-14-12-29(26-44)13-15-32)48-39(47-36)33-18-16-31(17-19-33)34-9-7-8-30(20-34)24-42-49(45,46)37-10-5-4-6-11-37/h4-20,35-36,38-39,42,44H,21-28H2,1-3H3. The highest BCUT2D eigenvalue weighted by Crippen LogP contribution is 2.53. The number of aliphatic hydroxyl groups is 1. The van der Waals surface area contributed by atoms with Crippen molar-refractivity contribution in [2.75, 3.05) is 13.1 Å². The van der Waals surface area contributed by atoms with Gasteiger partial charge in [0.25, 0.3) is 0 Å². The van der Waals surface area contributed by atoms with Gasteiger partial charge in [-0.3, -0.25) is 4.90 Å². The molecule has 7 rings (SSSR count). The molecule has 5 unspecified atom stereocenters. The predicted octanol–water partition coefficient (Wildman–Crippen LogP) is 7.77. The van der Waals surface area contributed by atoms with E-state index in [4.69, 9.17) is 9.47 Å². The maximum atomic E-state index is 12.8. The minimum absolute atomic E-state index is 0.0170.